The standard InChI is InChI=1S/C18H23N5O2S/c1-4-22-12-15(13(2)20-22)18-19-16-11-14(7-8-17(16)21(18)3)26(24,25)23-9-5-6-10-23/h7-8,11-12H,4-6,9-10H2,1-3H3. The number of hydrogen-bond donors (Lipinski definition) is 0. The molecule has 8 heteroatoms. The van der Waals surface area contributed by atoms with Crippen LogP contribution in [-0.2, 0) is 23.6 Å². The molecule has 0 amide bonds. The van der Waals surface area contributed by atoms with Crippen LogP contribution in [0.15, 0.2) is 29.3 Å². The fourth-order valence-electron chi connectivity index (χ4n) is 3.56. The highest BCUT2D eigenvalue weighted by Crippen LogP contribution is 2.29. The predicted octanol–water partition coefficient (Wildman–Crippen LogP) is 2.55. The van der Waals surface area contributed by atoms with Gasteiger partial charge in [-0.3, -0.25) is 4.68 Å². The zero-order valence-corrected chi connectivity index (χ0v) is 16.1. The van der Waals surface area contributed by atoms with Crippen LogP contribution in [-0.4, -0.2) is 45.1 Å². The summed E-state index contributed by atoms with van der Waals surface area (Å²) < 4.78 is 31.1. The van der Waals surface area contributed by atoms with Crippen molar-refractivity contribution in [1.82, 2.24) is 23.6 Å². The fourth-order valence-corrected chi connectivity index (χ4v) is 5.10. The van der Waals surface area contributed by atoms with Gasteiger partial charge in [0.05, 0.1) is 27.2 Å². The first-order valence-electron chi connectivity index (χ1n) is 8.93. The largest absolute Gasteiger partial charge is 0.327 e. The van der Waals surface area contributed by atoms with E-state index in [4.69, 9.17) is 4.98 Å². The SMILES string of the molecule is CCn1cc(-c2nc3cc(S(=O)(=O)N4CCCC4)ccc3n2C)c(C)n1. The third kappa shape index (κ3) is 2.64. The van der Waals surface area contributed by atoms with Crippen LogP contribution in [0.3, 0.4) is 0 Å². The number of imidazole rings is 1. The van der Waals surface area contributed by atoms with Gasteiger partial charge in [0.1, 0.15) is 5.82 Å². The molecule has 26 heavy (non-hydrogen) atoms. The van der Waals surface area contributed by atoms with Gasteiger partial charge < -0.3 is 4.57 Å². The lowest BCUT2D eigenvalue weighted by Crippen LogP contribution is -2.27. The number of fused-ring (bicyclic) bond motifs is 1. The third-order valence-electron chi connectivity index (χ3n) is 5.07. The van der Waals surface area contributed by atoms with Crippen molar-refractivity contribution in [2.45, 2.75) is 38.1 Å². The Hall–Kier alpha value is -2.19. The van der Waals surface area contributed by atoms with Crippen molar-refractivity contribution in [2.75, 3.05) is 13.1 Å². The summed E-state index contributed by atoms with van der Waals surface area (Å²) in [7, 11) is -1.49. The van der Waals surface area contributed by atoms with Gasteiger partial charge in [-0.05, 0) is 44.9 Å². The molecule has 0 bridgehead atoms. The average Bonchev–Trinajstić information content (AvgIpc) is 3.34. The number of hydrogen-bond acceptors (Lipinski definition) is 4. The van der Waals surface area contributed by atoms with Gasteiger partial charge in [0, 0.05) is 32.9 Å². The maximum Gasteiger partial charge on any atom is 0.243 e. The minimum absolute atomic E-state index is 0.317. The Bertz CT molecular complexity index is 1070. The van der Waals surface area contributed by atoms with Crippen LogP contribution >= 0.6 is 0 Å². The summed E-state index contributed by atoms with van der Waals surface area (Å²) in [5.41, 5.74) is 3.47. The van der Waals surface area contributed by atoms with Crippen molar-refractivity contribution < 1.29 is 8.42 Å². The van der Waals surface area contributed by atoms with E-state index in [1.807, 2.05) is 42.4 Å². The quantitative estimate of drug-likeness (QED) is 0.704. The molecule has 3 heterocycles. The van der Waals surface area contributed by atoms with E-state index in [0.29, 0.717) is 23.5 Å². The number of sulfonamides is 1. The Labute approximate surface area is 153 Å². The lowest BCUT2D eigenvalue weighted by atomic mass is 10.2. The minimum atomic E-state index is -3.44. The molecule has 2 aromatic heterocycles. The summed E-state index contributed by atoms with van der Waals surface area (Å²) in [5.74, 6) is 0.799. The summed E-state index contributed by atoms with van der Waals surface area (Å²) in [4.78, 5) is 5.04. The van der Waals surface area contributed by atoms with E-state index >= 15 is 0 Å². The van der Waals surface area contributed by atoms with Crippen LogP contribution in [0, 0.1) is 6.92 Å². The zero-order chi connectivity index (χ0) is 18.5. The highest BCUT2D eigenvalue weighted by molar-refractivity contribution is 7.89. The van der Waals surface area contributed by atoms with Crippen LogP contribution in [0.4, 0.5) is 0 Å². The number of aromatic nitrogens is 4. The summed E-state index contributed by atoms with van der Waals surface area (Å²) in [6, 6.07) is 5.21. The monoisotopic (exact) mass is 373 g/mol. The lowest BCUT2D eigenvalue weighted by molar-refractivity contribution is 0.477. The second kappa shape index (κ2) is 6.21. The van der Waals surface area contributed by atoms with E-state index in [2.05, 4.69) is 5.10 Å². The molecule has 1 saturated heterocycles. The van der Waals surface area contributed by atoms with Crippen molar-refractivity contribution in [3.63, 3.8) is 0 Å². The van der Waals surface area contributed by atoms with Gasteiger partial charge in [0.25, 0.3) is 0 Å². The molecule has 0 aliphatic carbocycles. The Morgan fingerprint density at radius 1 is 1.19 bits per heavy atom. The second-order valence-corrected chi connectivity index (χ2v) is 8.68. The molecule has 0 atom stereocenters. The second-order valence-electron chi connectivity index (χ2n) is 6.74. The molecule has 4 rings (SSSR count). The Morgan fingerprint density at radius 3 is 2.58 bits per heavy atom. The molecule has 7 nitrogen and oxygen atoms in total. The van der Waals surface area contributed by atoms with E-state index in [1.54, 1.807) is 16.4 Å². The highest BCUT2D eigenvalue weighted by atomic mass is 32.2. The third-order valence-corrected chi connectivity index (χ3v) is 6.96. The molecular formula is C18H23N5O2S. The maximum atomic E-state index is 12.8. The van der Waals surface area contributed by atoms with Crippen LogP contribution in [0.1, 0.15) is 25.5 Å². The molecule has 0 unspecified atom stereocenters. The lowest BCUT2D eigenvalue weighted by Gasteiger charge is -2.15. The zero-order valence-electron chi connectivity index (χ0n) is 15.3. The predicted molar refractivity (Wildman–Crippen MR) is 100 cm³/mol. The van der Waals surface area contributed by atoms with E-state index in [1.165, 1.54) is 0 Å². The summed E-state index contributed by atoms with van der Waals surface area (Å²) >= 11 is 0. The molecule has 1 aliphatic heterocycles. The number of benzene rings is 1. The average molecular weight is 373 g/mol. The first kappa shape index (κ1) is 17.2. The van der Waals surface area contributed by atoms with Crippen molar-refractivity contribution in [2.24, 2.45) is 7.05 Å². The highest BCUT2D eigenvalue weighted by Gasteiger charge is 2.28. The van der Waals surface area contributed by atoms with E-state index in [-0.39, 0.29) is 0 Å². The van der Waals surface area contributed by atoms with Gasteiger partial charge in [-0.15, -0.1) is 0 Å². The van der Waals surface area contributed by atoms with Crippen LogP contribution in [0.2, 0.25) is 0 Å². The van der Waals surface area contributed by atoms with E-state index in [0.717, 1.165) is 42.0 Å². The van der Waals surface area contributed by atoms with Crippen LogP contribution in [0.25, 0.3) is 22.4 Å². The molecule has 0 radical (unpaired) electrons. The normalized spacial score (nSPS) is 16.0. The maximum absolute atomic E-state index is 12.8. The van der Waals surface area contributed by atoms with Gasteiger partial charge in [0.2, 0.25) is 10.0 Å². The van der Waals surface area contributed by atoms with E-state index in [9.17, 15) is 8.42 Å². The Kier molecular flexibility index (Phi) is 4.11. The number of nitrogens with zero attached hydrogens (tertiary/aromatic N) is 5. The van der Waals surface area contributed by atoms with Gasteiger partial charge >= 0.3 is 0 Å². The molecule has 0 saturated carbocycles. The molecule has 1 aromatic carbocycles. The number of aryl methyl sites for hydroxylation is 3. The van der Waals surface area contributed by atoms with Gasteiger partial charge in [-0.25, -0.2) is 13.4 Å². The molecule has 1 fully saturated rings. The fraction of sp³-hybridized carbons (Fsp3) is 0.444. The topological polar surface area (TPSA) is 73.0 Å². The molecule has 138 valence electrons. The first-order valence-corrected chi connectivity index (χ1v) is 10.4. The summed E-state index contributed by atoms with van der Waals surface area (Å²) in [6.07, 6.45) is 3.84. The van der Waals surface area contributed by atoms with Gasteiger partial charge in [0.15, 0.2) is 0 Å². The Balaban J connectivity index is 1.81. The first-order chi connectivity index (χ1) is 12.4. The molecule has 3 aromatic rings. The minimum Gasteiger partial charge on any atom is -0.327 e. The molecule has 0 spiro atoms. The van der Waals surface area contributed by atoms with Gasteiger partial charge in [-0.1, -0.05) is 0 Å². The Morgan fingerprint density at radius 2 is 1.92 bits per heavy atom. The van der Waals surface area contributed by atoms with Crippen molar-refractivity contribution in [3.05, 3.63) is 30.1 Å². The summed E-state index contributed by atoms with van der Waals surface area (Å²) in [6.45, 7) is 6.00. The molecule has 0 N–H and O–H groups in total. The van der Waals surface area contributed by atoms with Crippen molar-refractivity contribution in [1.29, 1.82) is 0 Å². The summed E-state index contributed by atoms with van der Waals surface area (Å²) in [5, 5.41) is 4.49. The van der Waals surface area contributed by atoms with Crippen molar-refractivity contribution >= 4 is 21.1 Å². The van der Waals surface area contributed by atoms with Crippen molar-refractivity contribution in [3.8, 4) is 11.4 Å². The smallest absolute Gasteiger partial charge is 0.243 e. The van der Waals surface area contributed by atoms with Gasteiger partial charge in [-0.2, -0.15) is 9.40 Å². The van der Waals surface area contributed by atoms with E-state index < -0.39 is 10.0 Å². The molecule has 1 aliphatic rings. The van der Waals surface area contributed by atoms with Crippen LogP contribution in [0.5, 0.6) is 0 Å². The molecular weight excluding hydrogens is 350 g/mol. The van der Waals surface area contributed by atoms with Crippen LogP contribution < -0.4 is 0 Å². The number of rotatable bonds is 4.